The van der Waals surface area contributed by atoms with Gasteiger partial charge < -0.3 is 10.1 Å². The Morgan fingerprint density at radius 2 is 1.88 bits per heavy atom. The summed E-state index contributed by atoms with van der Waals surface area (Å²) in [5.74, 6) is 0.787. The van der Waals surface area contributed by atoms with Gasteiger partial charge in [-0.2, -0.15) is 0 Å². The number of benzene rings is 2. The van der Waals surface area contributed by atoms with Crippen LogP contribution in [0.15, 0.2) is 48.5 Å². The topological polar surface area (TPSA) is 38.3 Å². The van der Waals surface area contributed by atoms with Crippen LogP contribution in [0.4, 0.5) is 0 Å². The summed E-state index contributed by atoms with van der Waals surface area (Å²) < 4.78 is 5.97. The Morgan fingerprint density at radius 3 is 2.54 bits per heavy atom. The molecule has 0 aromatic heterocycles. The number of hydrogen-bond donors (Lipinski definition) is 1. The van der Waals surface area contributed by atoms with Gasteiger partial charge in [-0.05, 0) is 36.5 Å². The molecule has 0 radical (unpaired) electrons. The Morgan fingerprint density at radius 1 is 1.19 bits per heavy atom. The molecule has 2 aromatic rings. The maximum absolute atomic E-state index is 12.6. The van der Waals surface area contributed by atoms with Gasteiger partial charge in [0.2, 0.25) is 0 Å². The minimum absolute atomic E-state index is 0.0249. The Bertz CT molecular complexity index is 792. The number of carbonyl (C=O) groups excluding carboxylic acids is 1. The lowest BCUT2D eigenvalue weighted by Crippen LogP contribution is -2.41. The first kappa shape index (κ1) is 18.5. The third kappa shape index (κ3) is 3.77. The summed E-state index contributed by atoms with van der Waals surface area (Å²) in [6, 6.07) is 16.4. The summed E-state index contributed by atoms with van der Waals surface area (Å²) in [5, 5.41) is 3.09. The fourth-order valence-corrected chi connectivity index (χ4v) is 3.29. The molecule has 0 fully saturated rings. The Labute approximate surface area is 156 Å². The normalized spacial score (nSPS) is 20.2. The quantitative estimate of drug-likeness (QED) is 0.864. The van der Waals surface area contributed by atoms with Crippen LogP contribution in [0, 0.1) is 5.41 Å². The van der Waals surface area contributed by atoms with Crippen molar-refractivity contribution in [3.8, 4) is 5.75 Å². The summed E-state index contributed by atoms with van der Waals surface area (Å²) in [7, 11) is 0. The summed E-state index contributed by atoms with van der Waals surface area (Å²) in [4.78, 5) is 12.6. The van der Waals surface area contributed by atoms with Crippen molar-refractivity contribution in [2.45, 2.75) is 52.5 Å². The maximum atomic E-state index is 12.6. The first-order valence-corrected chi connectivity index (χ1v) is 9.31. The van der Waals surface area contributed by atoms with Crippen molar-refractivity contribution in [2.24, 2.45) is 5.41 Å². The van der Waals surface area contributed by atoms with Crippen LogP contribution in [-0.4, -0.2) is 18.6 Å². The molecule has 3 nitrogen and oxygen atoms in total. The Kier molecular flexibility index (Phi) is 4.83. The number of rotatable bonds is 4. The lowest BCUT2D eigenvalue weighted by molar-refractivity contribution is 0.0910. The molecule has 0 aliphatic carbocycles. The highest BCUT2D eigenvalue weighted by Crippen LogP contribution is 2.41. The highest BCUT2D eigenvalue weighted by Gasteiger charge is 2.37. The molecule has 26 heavy (non-hydrogen) atoms. The van der Waals surface area contributed by atoms with Gasteiger partial charge in [0.05, 0.1) is 6.61 Å². The lowest BCUT2D eigenvalue weighted by Gasteiger charge is -2.28. The molecule has 1 heterocycles. The molecule has 2 aromatic carbocycles. The van der Waals surface area contributed by atoms with E-state index >= 15 is 0 Å². The maximum Gasteiger partial charge on any atom is 0.251 e. The molecular weight excluding hydrogens is 322 g/mol. The van der Waals surface area contributed by atoms with Crippen molar-refractivity contribution in [3.05, 3.63) is 65.2 Å². The molecule has 138 valence electrons. The summed E-state index contributed by atoms with van der Waals surface area (Å²) in [6.07, 6.45) is 0.924. The SMILES string of the molecule is C[C@@H](NC(=O)c1ccc2c(c1)OCC2(C)Cc1ccccc1)C(C)(C)C. The molecule has 2 atom stereocenters. The van der Waals surface area contributed by atoms with Crippen LogP contribution in [0.1, 0.15) is 56.1 Å². The molecule has 3 rings (SSSR count). The van der Waals surface area contributed by atoms with Crippen LogP contribution >= 0.6 is 0 Å². The van der Waals surface area contributed by atoms with Crippen LogP contribution in [-0.2, 0) is 11.8 Å². The summed E-state index contributed by atoms with van der Waals surface area (Å²) in [6.45, 7) is 11.3. The average molecular weight is 351 g/mol. The molecule has 1 N–H and O–H groups in total. The monoisotopic (exact) mass is 351 g/mol. The first-order valence-electron chi connectivity index (χ1n) is 9.31. The zero-order chi connectivity index (χ0) is 18.9. The molecule has 0 spiro atoms. The number of amides is 1. The molecule has 1 aliphatic rings. The van der Waals surface area contributed by atoms with E-state index in [9.17, 15) is 4.79 Å². The van der Waals surface area contributed by atoms with Gasteiger partial charge in [0, 0.05) is 22.6 Å². The third-order valence-corrected chi connectivity index (χ3v) is 5.52. The van der Waals surface area contributed by atoms with Gasteiger partial charge in [0.25, 0.3) is 5.91 Å². The lowest BCUT2D eigenvalue weighted by atomic mass is 9.79. The van der Waals surface area contributed by atoms with Crippen LogP contribution < -0.4 is 10.1 Å². The Balaban J connectivity index is 1.79. The van der Waals surface area contributed by atoms with E-state index in [1.54, 1.807) is 0 Å². The second kappa shape index (κ2) is 6.79. The molecule has 0 bridgehead atoms. The molecule has 1 amide bonds. The summed E-state index contributed by atoms with van der Waals surface area (Å²) >= 11 is 0. The van der Waals surface area contributed by atoms with E-state index in [1.807, 2.05) is 25.1 Å². The van der Waals surface area contributed by atoms with Crippen LogP contribution in [0.25, 0.3) is 0 Å². The first-order chi connectivity index (χ1) is 12.2. The number of nitrogens with one attached hydrogen (secondary N) is 1. The second-order valence-electron chi connectivity index (χ2n) is 8.78. The minimum atomic E-state index is -0.0651. The fourth-order valence-electron chi connectivity index (χ4n) is 3.29. The van der Waals surface area contributed by atoms with Gasteiger partial charge in [0.1, 0.15) is 5.75 Å². The van der Waals surface area contributed by atoms with Gasteiger partial charge in [-0.15, -0.1) is 0 Å². The van der Waals surface area contributed by atoms with Gasteiger partial charge in [-0.25, -0.2) is 0 Å². The molecular formula is C23H29NO2. The number of ether oxygens (including phenoxy) is 1. The number of hydrogen-bond acceptors (Lipinski definition) is 2. The number of carbonyl (C=O) groups is 1. The predicted molar refractivity (Wildman–Crippen MR) is 106 cm³/mol. The molecule has 0 saturated carbocycles. The van der Waals surface area contributed by atoms with E-state index in [0.717, 1.165) is 12.2 Å². The fraction of sp³-hybridized carbons (Fsp3) is 0.435. The highest BCUT2D eigenvalue weighted by atomic mass is 16.5. The van der Waals surface area contributed by atoms with Crippen LogP contribution in [0.3, 0.4) is 0 Å². The number of fused-ring (bicyclic) bond motifs is 1. The zero-order valence-corrected chi connectivity index (χ0v) is 16.4. The van der Waals surface area contributed by atoms with Crippen LogP contribution in [0.2, 0.25) is 0 Å². The van der Waals surface area contributed by atoms with E-state index in [2.05, 4.69) is 63.3 Å². The summed E-state index contributed by atoms with van der Waals surface area (Å²) in [5.41, 5.74) is 3.10. The highest BCUT2D eigenvalue weighted by molar-refractivity contribution is 5.95. The molecule has 3 heteroatoms. The van der Waals surface area contributed by atoms with Crippen molar-refractivity contribution in [1.29, 1.82) is 0 Å². The molecule has 1 aliphatic heterocycles. The van der Waals surface area contributed by atoms with Gasteiger partial charge in [-0.3, -0.25) is 4.79 Å². The van der Waals surface area contributed by atoms with Gasteiger partial charge >= 0.3 is 0 Å². The largest absolute Gasteiger partial charge is 0.492 e. The predicted octanol–water partition coefficient (Wildman–Crippen LogP) is 4.74. The molecule has 0 saturated heterocycles. The van der Waals surface area contributed by atoms with Gasteiger partial charge in [-0.1, -0.05) is 64.1 Å². The average Bonchev–Trinajstić information content (AvgIpc) is 2.91. The zero-order valence-electron chi connectivity index (χ0n) is 16.4. The van der Waals surface area contributed by atoms with Crippen molar-refractivity contribution in [3.63, 3.8) is 0 Å². The minimum Gasteiger partial charge on any atom is -0.492 e. The van der Waals surface area contributed by atoms with E-state index in [1.165, 1.54) is 11.1 Å². The third-order valence-electron chi connectivity index (χ3n) is 5.52. The van der Waals surface area contributed by atoms with E-state index in [4.69, 9.17) is 4.74 Å². The van der Waals surface area contributed by atoms with Crippen molar-refractivity contribution >= 4 is 5.91 Å². The second-order valence-corrected chi connectivity index (χ2v) is 8.78. The van der Waals surface area contributed by atoms with Gasteiger partial charge in [0.15, 0.2) is 0 Å². The smallest absolute Gasteiger partial charge is 0.251 e. The van der Waals surface area contributed by atoms with Crippen molar-refractivity contribution in [1.82, 2.24) is 5.32 Å². The molecule has 1 unspecified atom stereocenters. The van der Waals surface area contributed by atoms with Crippen molar-refractivity contribution in [2.75, 3.05) is 6.61 Å². The van der Waals surface area contributed by atoms with Crippen LogP contribution in [0.5, 0.6) is 5.75 Å². The van der Waals surface area contributed by atoms with E-state index < -0.39 is 0 Å². The van der Waals surface area contributed by atoms with E-state index in [0.29, 0.717) is 12.2 Å². The van der Waals surface area contributed by atoms with E-state index in [-0.39, 0.29) is 22.8 Å². The Hall–Kier alpha value is -2.29. The standard InChI is InChI=1S/C23H29NO2/c1-16(22(2,3)4)24-21(25)18-11-12-19-20(13-18)26-15-23(19,5)14-17-9-7-6-8-10-17/h6-13,16H,14-15H2,1-5H3,(H,24,25)/t16-,23?/m1/s1. The van der Waals surface area contributed by atoms with Crippen molar-refractivity contribution < 1.29 is 9.53 Å².